The second-order valence-electron chi connectivity index (χ2n) is 7.64. The van der Waals surface area contributed by atoms with E-state index in [-0.39, 0.29) is 11.4 Å². The number of fused-ring (bicyclic) bond motifs is 1. The summed E-state index contributed by atoms with van der Waals surface area (Å²) >= 11 is 5.99. The summed E-state index contributed by atoms with van der Waals surface area (Å²) in [5, 5.41) is 12.9. The topological polar surface area (TPSA) is 93.0 Å². The molecule has 3 aromatic carbocycles. The Kier molecular flexibility index (Phi) is 5.07. The van der Waals surface area contributed by atoms with Crippen molar-refractivity contribution in [3.63, 3.8) is 0 Å². The van der Waals surface area contributed by atoms with E-state index in [4.69, 9.17) is 16.4 Å². The van der Waals surface area contributed by atoms with E-state index in [1.54, 1.807) is 36.4 Å². The highest BCUT2D eigenvalue weighted by atomic mass is 35.5. The first-order valence-electron chi connectivity index (χ1n) is 9.94. The Hall–Kier alpha value is -3.82. The SMILES string of the molecule is O=C1[C@H]2[C@H](ON(c3ccc(Cl)cc3)[C@H]2c2ccc(F)cc2)C(=O)N1c1ccc([N+](=O)[O-])cc1. The lowest BCUT2D eigenvalue weighted by Crippen LogP contribution is -2.37. The van der Waals surface area contributed by atoms with Crippen molar-refractivity contribution in [2.75, 3.05) is 9.96 Å². The molecule has 0 aromatic heterocycles. The molecule has 0 unspecified atom stereocenters. The van der Waals surface area contributed by atoms with Gasteiger partial charge in [-0.15, -0.1) is 0 Å². The number of anilines is 2. The summed E-state index contributed by atoms with van der Waals surface area (Å²) in [6.07, 6.45) is -1.11. The first-order chi connectivity index (χ1) is 15.8. The molecule has 33 heavy (non-hydrogen) atoms. The average molecular weight is 468 g/mol. The molecule has 0 radical (unpaired) electrons. The van der Waals surface area contributed by atoms with Crippen LogP contribution >= 0.6 is 11.6 Å². The van der Waals surface area contributed by atoms with Gasteiger partial charge in [0.25, 0.3) is 11.6 Å². The molecular formula is C23H15ClFN3O5. The third-order valence-electron chi connectivity index (χ3n) is 5.73. The molecule has 0 spiro atoms. The van der Waals surface area contributed by atoms with Crippen molar-refractivity contribution in [3.05, 3.63) is 99.3 Å². The Morgan fingerprint density at radius 3 is 2.09 bits per heavy atom. The maximum absolute atomic E-state index is 13.6. The number of carbonyl (C=O) groups excluding carboxylic acids is 2. The highest BCUT2D eigenvalue weighted by molar-refractivity contribution is 6.30. The quantitative estimate of drug-likeness (QED) is 0.320. The van der Waals surface area contributed by atoms with Crippen LogP contribution in [0.5, 0.6) is 0 Å². The zero-order valence-corrected chi connectivity index (χ0v) is 17.6. The van der Waals surface area contributed by atoms with Crippen molar-refractivity contribution in [2.45, 2.75) is 12.1 Å². The number of hydrogen-bond acceptors (Lipinski definition) is 6. The summed E-state index contributed by atoms with van der Waals surface area (Å²) in [6, 6.07) is 16.8. The van der Waals surface area contributed by atoms with Gasteiger partial charge in [0.2, 0.25) is 5.91 Å². The molecule has 0 N–H and O–H groups in total. The van der Waals surface area contributed by atoms with E-state index < -0.39 is 40.6 Å². The van der Waals surface area contributed by atoms with E-state index in [0.717, 1.165) is 4.90 Å². The van der Waals surface area contributed by atoms with Gasteiger partial charge in [-0.3, -0.25) is 24.5 Å². The second kappa shape index (κ2) is 7.95. The van der Waals surface area contributed by atoms with Crippen LogP contribution in [0.3, 0.4) is 0 Å². The summed E-state index contributed by atoms with van der Waals surface area (Å²) in [4.78, 5) is 44.0. The average Bonchev–Trinajstić information content (AvgIpc) is 3.31. The molecule has 2 aliphatic rings. The number of amides is 2. The first kappa shape index (κ1) is 21.0. The smallest absolute Gasteiger partial charge is 0.269 e. The zero-order chi connectivity index (χ0) is 23.3. The molecule has 10 heteroatoms. The highest BCUT2D eigenvalue weighted by Crippen LogP contribution is 2.47. The van der Waals surface area contributed by atoms with Crippen LogP contribution < -0.4 is 9.96 Å². The lowest BCUT2D eigenvalue weighted by molar-refractivity contribution is -0.384. The largest absolute Gasteiger partial charge is 0.273 e. The molecule has 0 bridgehead atoms. The highest BCUT2D eigenvalue weighted by Gasteiger charge is 2.60. The summed E-state index contributed by atoms with van der Waals surface area (Å²) in [5.74, 6) is -2.44. The lowest BCUT2D eigenvalue weighted by atomic mass is 9.90. The predicted molar refractivity (Wildman–Crippen MR) is 117 cm³/mol. The van der Waals surface area contributed by atoms with E-state index in [0.29, 0.717) is 16.3 Å². The van der Waals surface area contributed by atoms with Crippen molar-refractivity contribution in [1.29, 1.82) is 0 Å². The van der Waals surface area contributed by atoms with Crippen molar-refractivity contribution in [1.82, 2.24) is 0 Å². The van der Waals surface area contributed by atoms with Gasteiger partial charge in [-0.1, -0.05) is 23.7 Å². The fourth-order valence-corrected chi connectivity index (χ4v) is 4.33. The number of rotatable bonds is 4. The van der Waals surface area contributed by atoms with Gasteiger partial charge in [0, 0.05) is 17.2 Å². The van der Waals surface area contributed by atoms with Crippen molar-refractivity contribution >= 4 is 40.5 Å². The molecule has 2 aliphatic heterocycles. The molecule has 2 amide bonds. The van der Waals surface area contributed by atoms with Crippen LogP contribution in [0.15, 0.2) is 72.8 Å². The Morgan fingerprint density at radius 2 is 1.48 bits per heavy atom. The van der Waals surface area contributed by atoms with Crippen molar-refractivity contribution < 1.29 is 23.7 Å². The van der Waals surface area contributed by atoms with Gasteiger partial charge < -0.3 is 0 Å². The van der Waals surface area contributed by atoms with E-state index in [1.165, 1.54) is 41.5 Å². The maximum atomic E-state index is 13.6. The molecule has 166 valence electrons. The monoisotopic (exact) mass is 467 g/mol. The molecule has 2 fully saturated rings. The van der Waals surface area contributed by atoms with Crippen molar-refractivity contribution in [2.24, 2.45) is 5.92 Å². The summed E-state index contributed by atoms with van der Waals surface area (Å²) in [5.41, 5.74) is 1.22. The molecule has 0 saturated carbocycles. The molecule has 3 atom stereocenters. The van der Waals surface area contributed by atoms with Gasteiger partial charge in [-0.2, -0.15) is 0 Å². The minimum atomic E-state index is -1.11. The number of non-ortho nitro benzene ring substituents is 1. The summed E-state index contributed by atoms with van der Waals surface area (Å²) in [6.45, 7) is 0. The molecule has 8 nitrogen and oxygen atoms in total. The number of benzene rings is 3. The summed E-state index contributed by atoms with van der Waals surface area (Å²) in [7, 11) is 0. The Bertz CT molecular complexity index is 1250. The van der Waals surface area contributed by atoms with Crippen LogP contribution in [0.2, 0.25) is 5.02 Å². The molecule has 3 aromatic rings. The van der Waals surface area contributed by atoms with Gasteiger partial charge in [-0.25, -0.2) is 14.4 Å². The number of imide groups is 1. The van der Waals surface area contributed by atoms with Gasteiger partial charge in [0.05, 0.1) is 22.3 Å². The van der Waals surface area contributed by atoms with E-state index in [1.807, 2.05) is 0 Å². The standard InChI is InChI=1S/C23H15ClFN3O5/c24-14-3-7-17(8-4-14)27-20(13-1-5-15(25)6-2-13)19-21(33-27)23(30)26(22(19)29)16-9-11-18(12-10-16)28(31)32/h1-12,19-21H/t19-,20+,21+/m1/s1. The van der Waals surface area contributed by atoms with Gasteiger partial charge in [0.15, 0.2) is 6.10 Å². The minimum Gasteiger partial charge on any atom is -0.273 e. The van der Waals surface area contributed by atoms with Crippen LogP contribution in [0.1, 0.15) is 11.6 Å². The van der Waals surface area contributed by atoms with E-state index >= 15 is 0 Å². The Labute approximate surface area is 191 Å². The third kappa shape index (κ3) is 3.51. The number of nitrogens with zero attached hydrogens (tertiary/aromatic N) is 3. The Morgan fingerprint density at radius 1 is 0.879 bits per heavy atom. The van der Waals surface area contributed by atoms with Crippen molar-refractivity contribution in [3.8, 4) is 0 Å². The first-order valence-corrected chi connectivity index (χ1v) is 10.3. The minimum absolute atomic E-state index is 0.160. The van der Waals surface area contributed by atoms with E-state index in [2.05, 4.69) is 0 Å². The number of hydroxylamine groups is 1. The predicted octanol–water partition coefficient (Wildman–Crippen LogP) is 4.44. The Balaban J connectivity index is 1.55. The molecular weight excluding hydrogens is 453 g/mol. The zero-order valence-electron chi connectivity index (χ0n) is 16.8. The number of nitro groups is 1. The molecule has 5 rings (SSSR count). The van der Waals surface area contributed by atoms with Crippen LogP contribution in [-0.2, 0) is 14.4 Å². The fourth-order valence-electron chi connectivity index (χ4n) is 4.20. The summed E-state index contributed by atoms with van der Waals surface area (Å²) < 4.78 is 13.6. The van der Waals surface area contributed by atoms with Crippen LogP contribution in [0.25, 0.3) is 0 Å². The number of carbonyl (C=O) groups is 2. The number of halogens is 2. The molecule has 2 heterocycles. The van der Waals surface area contributed by atoms with Gasteiger partial charge in [-0.05, 0) is 54.1 Å². The third-order valence-corrected chi connectivity index (χ3v) is 5.98. The molecule has 2 saturated heterocycles. The van der Waals surface area contributed by atoms with Crippen LogP contribution in [0.4, 0.5) is 21.5 Å². The second-order valence-corrected chi connectivity index (χ2v) is 8.07. The normalized spacial score (nSPS) is 22.1. The maximum Gasteiger partial charge on any atom is 0.269 e. The van der Waals surface area contributed by atoms with Gasteiger partial charge >= 0.3 is 0 Å². The van der Waals surface area contributed by atoms with Gasteiger partial charge in [0.1, 0.15) is 11.7 Å². The number of hydrogen-bond donors (Lipinski definition) is 0. The van der Waals surface area contributed by atoms with Crippen LogP contribution in [0, 0.1) is 21.8 Å². The fraction of sp³-hybridized carbons (Fsp3) is 0.130. The van der Waals surface area contributed by atoms with E-state index in [9.17, 15) is 24.1 Å². The molecule has 0 aliphatic carbocycles. The lowest BCUT2D eigenvalue weighted by Gasteiger charge is -2.28. The number of nitro benzene ring substituents is 1. The van der Waals surface area contributed by atoms with Crippen LogP contribution in [-0.4, -0.2) is 22.8 Å².